The first kappa shape index (κ1) is 15.2. The van der Waals surface area contributed by atoms with Gasteiger partial charge in [0.2, 0.25) is 5.91 Å². The van der Waals surface area contributed by atoms with E-state index in [1.807, 2.05) is 20.8 Å². The third-order valence-corrected chi connectivity index (χ3v) is 3.56. The van der Waals surface area contributed by atoms with Crippen molar-refractivity contribution >= 4 is 5.91 Å². The Morgan fingerprint density at radius 3 is 2.48 bits per heavy atom. The maximum atomic E-state index is 12.8. The Labute approximate surface area is 125 Å². The van der Waals surface area contributed by atoms with E-state index in [1.165, 1.54) is 17.7 Å². The van der Waals surface area contributed by atoms with Gasteiger partial charge in [-0.15, -0.1) is 0 Å². The molecule has 0 aromatic heterocycles. The van der Waals surface area contributed by atoms with E-state index < -0.39 is 0 Å². The molecule has 1 N–H and O–H groups in total. The lowest BCUT2D eigenvalue weighted by molar-refractivity contribution is -0.121. The van der Waals surface area contributed by atoms with Gasteiger partial charge in [-0.2, -0.15) is 0 Å². The number of aryl methyl sites for hydroxylation is 2. The molecule has 21 heavy (non-hydrogen) atoms. The molecule has 2 nitrogen and oxygen atoms in total. The van der Waals surface area contributed by atoms with Crippen molar-refractivity contribution in [1.29, 1.82) is 0 Å². The number of carbonyl (C=O) groups excluding carboxylic acids is 1. The number of halogens is 1. The minimum absolute atomic E-state index is 0.0437. The van der Waals surface area contributed by atoms with Crippen LogP contribution in [0, 0.1) is 19.7 Å². The number of benzene rings is 2. The Morgan fingerprint density at radius 2 is 1.81 bits per heavy atom. The van der Waals surface area contributed by atoms with E-state index in [4.69, 9.17) is 0 Å². The third-order valence-electron chi connectivity index (χ3n) is 3.56. The molecule has 2 aromatic carbocycles. The van der Waals surface area contributed by atoms with E-state index in [2.05, 4.69) is 23.5 Å². The molecule has 110 valence electrons. The fourth-order valence-electron chi connectivity index (χ4n) is 2.38. The lowest BCUT2D eigenvalue weighted by atomic mass is 10.00. The zero-order valence-electron chi connectivity index (χ0n) is 12.6. The van der Waals surface area contributed by atoms with Crippen molar-refractivity contribution in [2.75, 3.05) is 0 Å². The summed E-state index contributed by atoms with van der Waals surface area (Å²) in [7, 11) is 0. The fourth-order valence-corrected chi connectivity index (χ4v) is 2.38. The highest BCUT2D eigenvalue weighted by atomic mass is 19.1. The van der Waals surface area contributed by atoms with Gasteiger partial charge in [0.15, 0.2) is 0 Å². The number of hydrogen-bond acceptors (Lipinski definition) is 1. The summed E-state index contributed by atoms with van der Waals surface area (Å²) >= 11 is 0. The second-order valence-electron chi connectivity index (χ2n) is 5.45. The van der Waals surface area contributed by atoms with Crippen LogP contribution in [-0.4, -0.2) is 5.91 Å². The zero-order chi connectivity index (χ0) is 15.4. The summed E-state index contributed by atoms with van der Waals surface area (Å²) in [5, 5.41) is 2.99. The molecule has 2 aromatic rings. The largest absolute Gasteiger partial charge is 0.349 e. The van der Waals surface area contributed by atoms with Gasteiger partial charge >= 0.3 is 0 Å². The molecule has 0 bridgehead atoms. The van der Waals surface area contributed by atoms with Gasteiger partial charge in [0.1, 0.15) is 5.82 Å². The van der Waals surface area contributed by atoms with E-state index in [0.29, 0.717) is 0 Å². The summed E-state index contributed by atoms with van der Waals surface area (Å²) in [5.41, 5.74) is 4.27. The van der Waals surface area contributed by atoms with E-state index in [9.17, 15) is 9.18 Å². The van der Waals surface area contributed by atoms with Crippen LogP contribution in [0.4, 0.5) is 4.39 Å². The number of rotatable bonds is 4. The predicted molar refractivity (Wildman–Crippen MR) is 82.6 cm³/mol. The molecule has 0 spiro atoms. The summed E-state index contributed by atoms with van der Waals surface area (Å²) < 4.78 is 12.8. The Kier molecular flexibility index (Phi) is 4.73. The second-order valence-corrected chi connectivity index (χ2v) is 5.45. The fraction of sp³-hybridized carbons (Fsp3) is 0.278. The average Bonchev–Trinajstić information content (AvgIpc) is 2.44. The van der Waals surface area contributed by atoms with Gasteiger partial charge < -0.3 is 5.32 Å². The van der Waals surface area contributed by atoms with E-state index in [1.54, 1.807) is 12.1 Å². The van der Waals surface area contributed by atoms with Crippen molar-refractivity contribution in [2.24, 2.45) is 0 Å². The van der Waals surface area contributed by atoms with Crippen molar-refractivity contribution < 1.29 is 9.18 Å². The van der Waals surface area contributed by atoms with Gasteiger partial charge in [-0.25, -0.2) is 4.39 Å². The maximum absolute atomic E-state index is 12.8. The molecule has 0 saturated carbocycles. The molecular formula is C18H20FNO. The summed E-state index contributed by atoms with van der Waals surface area (Å²) in [6, 6.07) is 12.2. The first-order valence-corrected chi connectivity index (χ1v) is 7.06. The molecular weight excluding hydrogens is 265 g/mol. The van der Waals surface area contributed by atoms with Crippen LogP contribution >= 0.6 is 0 Å². The first-order valence-electron chi connectivity index (χ1n) is 7.06. The van der Waals surface area contributed by atoms with Gasteiger partial charge in [0.25, 0.3) is 0 Å². The van der Waals surface area contributed by atoms with Gasteiger partial charge in [0.05, 0.1) is 12.5 Å². The molecule has 0 fully saturated rings. The molecule has 0 aliphatic heterocycles. The molecule has 1 unspecified atom stereocenters. The number of carbonyl (C=O) groups is 1. The van der Waals surface area contributed by atoms with Crippen LogP contribution in [0.25, 0.3) is 0 Å². The molecule has 0 saturated heterocycles. The minimum Gasteiger partial charge on any atom is -0.349 e. The standard InChI is InChI=1S/C18H20FNO/c1-12-4-5-13(2)17(10-12)14(3)20-18(21)11-15-6-8-16(19)9-7-15/h4-10,14H,11H2,1-3H3,(H,20,21). The zero-order valence-corrected chi connectivity index (χ0v) is 12.6. The van der Waals surface area contributed by atoms with E-state index >= 15 is 0 Å². The van der Waals surface area contributed by atoms with Crippen molar-refractivity contribution in [3.63, 3.8) is 0 Å². The SMILES string of the molecule is Cc1ccc(C)c(C(C)NC(=O)Cc2ccc(F)cc2)c1. The van der Waals surface area contributed by atoms with E-state index in [-0.39, 0.29) is 24.2 Å². The third kappa shape index (κ3) is 4.15. The highest BCUT2D eigenvalue weighted by Gasteiger charge is 2.12. The van der Waals surface area contributed by atoms with Crippen LogP contribution in [0.2, 0.25) is 0 Å². The van der Waals surface area contributed by atoms with Crippen molar-refractivity contribution in [2.45, 2.75) is 33.2 Å². The van der Waals surface area contributed by atoms with Crippen LogP contribution in [-0.2, 0) is 11.2 Å². The summed E-state index contributed by atoms with van der Waals surface area (Å²) in [5.74, 6) is -0.349. The molecule has 0 aliphatic carbocycles. The van der Waals surface area contributed by atoms with Crippen LogP contribution in [0.15, 0.2) is 42.5 Å². The predicted octanol–water partition coefficient (Wildman–Crippen LogP) is 3.86. The van der Waals surface area contributed by atoms with Gasteiger partial charge in [-0.1, -0.05) is 35.9 Å². The van der Waals surface area contributed by atoms with Crippen LogP contribution < -0.4 is 5.32 Å². The Bertz CT molecular complexity index is 634. The highest BCUT2D eigenvalue weighted by molar-refractivity contribution is 5.79. The Hall–Kier alpha value is -2.16. The van der Waals surface area contributed by atoms with Crippen molar-refractivity contribution in [3.05, 3.63) is 70.5 Å². The van der Waals surface area contributed by atoms with Crippen LogP contribution in [0.3, 0.4) is 0 Å². The molecule has 3 heteroatoms. The second kappa shape index (κ2) is 6.53. The lowest BCUT2D eigenvalue weighted by Gasteiger charge is -2.17. The van der Waals surface area contributed by atoms with Crippen molar-refractivity contribution in [1.82, 2.24) is 5.32 Å². The quantitative estimate of drug-likeness (QED) is 0.908. The Morgan fingerprint density at radius 1 is 1.14 bits per heavy atom. The molecule has 1 atom stereocenters. The maximum Gasteiger partial charge on any atom is 0.224 e. The normalized spacial score (nSPS) is 12.0. The van der Waals surface area contributed by atoms with Gasteiger partial charge in [-0.3, -0.25) is 4.79 Å². The van der Waals surface area contributed by atoms with E-state index in [0.717, 1.165) is 16.7 Å². The number of hydrogen-bond donors (Lipinski definition) is 1. The van der Waals surface area contributed by atoms with Crippen molar-refractivity contribution in [3.8, 4) is 0 Å². The molecule has 1 amide bonds. The first-order chi connectivity index (χ1) is 9.95. The molecule has 0 heterocycles. The average molecular weight is 285 g/mol. The highest BCUT2D eigenvalue weighted by Crippen LogP contribution is 2.19. The van der Waals surface area contributed by atoms with Gasteiger partial charge in [-0.05, 0) is 49.6 Å². The molecule has 2 rings (SSSR count). The summed E-state index contributed by atoms with van der Waals surface area (Å²) in [6.07, 6.45) is 0.259. The molecule has 0 radical (unpaired) electrons. The number of amides is 1. The van der Waals surface area contributed by atoms with Crippen LogP contribution in [0.1, 0.15) is 35.2 Å². The van der Waals surface area contributed by atoms with Crippen LogP contribution in [0.5, 0.6) is 0 Å². The summed E-state index contributed by atoms with van der Waals surface area (Å²) in [4.78, 5) is 12.1. The number of nitrogens with one attached hydrogen (secondary N) is 1. The van der Waals surface area contributed by atoms with Gasteiger partial charge in [0, 0.05) is 0 Å². The minimum atomic E-state index is -0.289. The topological polar surface area (TPSA) is 29.1 Å². The lowest BCUT2D eigenvalue weighted by Crippen LogP contribution is -2.28. The smallest absolute Gasteiger partial charge is 0.224 e. The summed E-state index contributed by atoms with van der Waals surface area (Å²) in [6.45, 7) is 6.05. The Balaban J connectivity index is 2.01. The monoisotopic (exact) mass is 285 g/mol. The molecule has 0 aliphatic rings.